The van der Waals surface area contributed by atoms with Crippen molar-refractivity contribution >= 4 is 23.3 Å². The molecule has 0 amide bonds. The van der Waals surface area contributed by atoms with Crippen molar-refractivity contribution in [3.8, 4) is 0 Å². The molecule has 3 aromatic rings. The minimum atomic E-state index is 0.513. The molecule has 3 rings (SSSR count). The molecule has 6 heteroatoms. The first kappa shape index (κ1) is 11.2. The van der Waals surface area contributed by atoms with Crippen molar-refractivity contribution in [2.45, 2.75) is 20.4 Å². The van der Waals surface area contributed by atoms with Crippen LogP contribution in [0.2, 0.25) is 0 Å². The van der Waals surface area contributed by atoms with Crippen molar-refractivity contribution in [2.24, 2.45) is 0 Å². The van der Waals surface area contributed by atoms with Crippen LogP contribution in [0.25, 0.3) is 11.0 Å². The Morgan fingerprint density at radius 2 is 2.22 bits per heavy atom. The van der Waals surface area contributed by atoms with Gasteiger partial charge in [-0.25, -0.2) is 0 Å². The Hall–Kier alpha value is -1.95. The number of hydrogen-bond donors (Lipinski definition) is 1. The van der Waals surface area contributed by atoms with E-state index in [9.17, 15) is 0 Å². The number of hydrogen-bond acceptors (Lipinski definition) is 4. The maximum absolute atomic E-state index is 5.32. The van der Waals surface area contributed by atoms with E-state index in [2.05, 4.69) is 34.2 Å². The lowest BCUT2D eigenvalue weighted by molar-refractivity contribution is 0.386. The van der Waals surface area contributed by atoms with E-state index in [4.69, 9.17) is 16.7 Å². The Kier molecular flexibility index (Phi) is 2.52. The number of aryl methyl sites for hydroxylation is 2. The fourth-order valence-corrected chi connectivity index (χ4v) is 2.25. The summed E-state index contributed by atoms with van der Waals surface area (Å²) in [4.78, 5) is 7.38. The lowest BCUT2D eigenvalue weighted by Gasteiger charge is -2.00. The molecule has 2 heterocycles. The van der Waals surface area contributed by atoms with Crippen LogP contribution in [0.4, 0.5) is 0 Å². The second-order valence-corrected chi connectivity index (χ2v) is 4.65. The van der Waals surface area contributed by atoms with Gasteiger partial charge in [0.25, 0.3) is 0 Å². The van der Waals surface area contributed by atoms with Gasteiger partial charge in [-0.1, -0.05) is 11.2 Å². The Balaban J connectivity index is 2.11. The number of aromatic amines is 1. The highest BCUT2D eigenvalue weighted by atomic mass is 32.1. The van der Waals surface area contributed by atoms with E-state index in [-0.39, 0.29) is 0 Å². The molecule has 0 saturated heterocycles. The van der Waals surface area contributed by atoms with Gasteiger partial charge in [-0.05, 0) is 36.8 Å². The van der Waals surface area contributed by atoms with E-state index in [1.807, 2.05) is 10.6 Å². The molecule has 0 aliphatic carbocycles. The first-order valence-electron chi connectivity index (χ1n) is 5.62. The number of aromatic nitrogens is 4. The van der Waals surface area contributed by atoms with Gasteiger partial charge in [0, 0.05) is 6.92 Å². The van der Waals surface area contributed by atoms with Crippen molar-refractivity contribution in [3.05, 3.63) is 40.2 Å². The SMILES string of the molecule is Cc1ccc2c(c1)[nH]c(=S)n2Cc1noc(C)n1. The predicted octanol–water partition coefficient (Wildman–Crippen LogP) is 2.75. The van der Waals surface area contributed by atoms with Gasteiger partial charge in [0.05, 0.1) is 17.6 Å². The second kappa shape index (κ2) is 4.06. The number of imidazole rings is 1. The van der Waals surface area contributed by atoms with Crippen LogP contribution in [0.3, 0.4) is 0 Å². The normalized spacial score (nSPS) is 11.2. The number of nitrogens with zero attached hydrogens (tertiary/aromatic N) is 3. The molecular formula is C12H12N4OS. The summed E-state index contributed by atoms with van der Waals surface area (Å²) >= 11 is 5.32. The van der Waals surface area contributed by atoms with Crippen molar-refractivity contribution < 1.29 is 4.52 Å². The second-order valence-electron chi connectivity index (χ2n) is 4.27. The summed E-state index contributed by atoms with van der Waals surface area (Å²) < 4.78 is 7.60. The largest absolute Gasteiger partial charge is 0.340 e. The van der Waals surface area contributed by atoms with Crippen LogP contribution in [0.5, 0.6) is 0 Å². The van der Waals surface area contributed by atoms with Gasteiger partial charge < -0.3 is 14.1 Å². The zero-order valence-electron chi connectivity index (χ0n) is 10.1. The average Bonchev–Trinajstić information content (AvgIpc) is 2.84. The molecular weight excluding hydrogens is 248 g/mol. The minimum Gasteiger partial charge on any atom is -0.340 e. The molecule has 2 aromatic heterocycles. The molecule has 0 bridgehead atoms. The Morgan fingerprint density at radius 3 is 2.94 bits per heavy atom. The summed E-state index contributed by atoms with van der Waals surface area (Å²) in [5.41, 5.74) is 3.27. The number of fused-ring (bicyclic) bond motifs is 1. The van der Waals surface area contributed by atoms with Gasteiger partial charge in [0.15, 0.2) is 10.6 Å². The third kappa shape index (κ3) is 1.84. The van der Waals surface area contributed by atoms with Gasteiger partial charge in [-0.2, -0.15) is 4.98 Å². The van der Waals surface area contributed by atoms with Crippen LogP contribution in [0, 0.1) is 18.6 Å². The number of rotatable bonds is 2. The first-order chi connectivity index (χ1) is 8.63. The van der Waals surface area contributed by atoms with Crippen LogP contribution in [-0.2, 0) is 6.54 Å². The van der Waals surface area contributed by atoms with Crippen LogP contribution in [0.1, 0.15) is 17.3 Å². The molecule has 18 heavy (non-hydrogen) atoms. The lowest BCUT2D eigenvalue weighted by atomic mass is 10.2. The van der Waals surface area contributed by atoms with Crippen LogP contribution in [0.15, 0.2) is 22.7 Å². The van der Waals surface area contributed by atoms with Crippen molar-refractivity contribution in [2.75, 3.05) is 0 Å². The maximum Gasteiger partial charge on any atom is 0.223 e. The molecule has 0 atom stereocenters. The predicted molar refractivity (Wildman–Crippen MR) is 70.0 cm³/mol. The topological polar surface area (TPSA) is 59.6 Å². The number of H-pyrrole nitrogens is 1. The summed E-state index contributed by atoms with van der Waals surface area (Å²) in [6.45, 7) is 4.34. The van der Waals surface area contributed by atoms with Crippen LogP contribution in [-0.4, -0.2) is 19.7 Å². The molecule has 5 nitrogen and oxygen atoms in total. The average molecular weight is 260 g/mol. The minimum absolute atomic E-state index is 0.513. The highest BCUT2D eigenvalue weighted by Crippen LogP contribution is 2.16. The molecule has 1 aromatic carbocycles. The summed E-state index contributed by atoms with van der Waals surface area (Å²) in [6, 6.07) is 6.18. The van der Waals surface area contributed by atoms with E-state index in [1.165, 1.54) is 5.56 Å². The van der Waals surface area contributed by atoms with Crippen molar-refractivity contribution in [1.29, 1.82) is 0 Å². The third-order valence-electron chi connectivity index (χ3n) is 2.80. The molecule has 0 fully saturated rings. The molecule has 92 valence electrons. The quantitative estimate of drug-likeness (QED) is 0.720. The standard InChI is InChI=1S/C12H12N4OS/c1-7-3-4-10-9(5-7)14-12(18)16(10)6-11-13-8(2)17-15-11/h3-5H,6H2,1-2H3,(H,14,18). The monoisotopic (exact) mass is 260 g/mol. The van der Waals surface area contributed by atoms with Crippen LogP contribution < -0.4 is 0 Å². The Morgan fingerprint density at radius 1 is 1.39 bits per heavy atom. The molecule has 1 N–H and O–H groups in total. The third-order valence-corrected chi connectivity index (χ3v) is 3.12. The zero-order chi connectivity index (χ0) is 12.7. The number of benzene rings is 1. The number of nitrogens with one attached hydrogen (secondary N) is 1. The lowest BCUT2D eigenvalue weighted by Crippen LogP contribution is -2.01. The van der Waals surface area contributed by atoms with E-state index in [0.717, 1.165) is 11.0 Å². The summed E-state index contributed by atoms with van der Waals surface area (Å²) in [7, 11) is 0. The smallest absolute Gasteiger partial charge is 0.223 e. The zero-order valence-corrected chi connectivity index (χ0v) is 10.9. The van der Waals surface area contributed by atoms with Crippen molar-refractivity contribution in [3.63, 3.8) is 0 Å². The Labute approximate surface area is 108 Å². The highest BCUT2D eigenvalue weighted by Gasteiger charge is 2.08. The summed E-state index contributed by atoms with van der Waals surface area (Å²) in [5.74, 6) is 1.19. The summed E-state index contributed by atoms with van der Waals surface area (Å²) in [5, 5.41) is 3.89. The van der Waals surface area contributed by atoms with Crippen molar-refractivity contribution in [1.82, 2.24) is 19.7 Å². The van der Waals surface area contributed by atoms with Gasteiger partial charge >= 0.3 is 0 Å². The first-order valence-corrected chi connectivity index (χ1v) is 6.02. The van der Waals surface area contributed by atoms with Gasteiger partial charge in [-0.15, -0.1) is 0 Å². The van der Waals surface area contributed by atoms with E-state index < -0.39 is 0 Å². The molecule has 0 aliphatic heterocycles. The molecule has 0 aliphatic rings. The Bertz CT molecular complexity index is 768. The van der Waals surface area contributed by atoms with E-state index >= 15 is 0 Å². The highest BCUT2D eigenvalue weighted by molar-refractivity contribution is 7.71. The van der Waals surface area contributed by atoms with E-state index in [0.29, 0.717) is 23.0 Å². The molecule has 0 saturated carbocycles. The molecule has 0 radical (unpaired) electrons. The maximum atomic E-state index is 5.32. The van der Waals surface area contributed by atoms with E-state index in [1.54, 1.807) is 6.92 Å². The molecule has 0 unspecified atom stereocenters. The summed E-state index contributed by atoms with van der Waals surface area (Å²) in [6.07, 6.45) is 0. The molecule has 0 spiro atoms. The fourth-order valence-electron chi connectivity index (χ4n) is 1.98. The van der Waals surface area contributed by atoms with Gasteiger partial charge in [0.1, 0.15) is 0 Å². The van der Waals surface area contributed by atoms with Gasteiger partial charge in [-0.3, -0.25) is 0 Å². The fraction of sp³-hybridized carbons (Fsp3) is 0.250. The van der Waals surface area contributed by atoms with Crippen LogP contribution >= 0.6 is 12.2 Å². The van der Waals surface area contributed by atoms with Gasteiger partial charge in [0.2, 0.25) is 5.89 Å².